The maximum absolute atomic E-state index is 13.0. The molecule has 1 aromatic rings. The van der Waals surface area contributed by atoms with E-state index in [1.54, 1.807) is 0 Å². The quantitative estimate of drug-likeness (QED) is 0.617. The van der Waals surface area contributed by atoms with Crippen molar-refractivity contribution < 1.29 is 27.8 Å². The van der Waals surface area contributed by atoms with Crippen LogP contribution in [0.25, 0.3) is 6.08 Å². The molecule has 0 radical (unpaired) electrons. The second-order valence-electron chi connectivity index (χ2n) is 5.47. The maximum atomic E-state index is 13.0. The van der Waals surface area contributed by atoms with Gasteiger partial charge in [-0.05, 0) is 24.1 Å². The number of ether oxygens (including phenoxy) is 1. The van der Waals surface area contributed by atoms with Gasteiger partial charge in [0.05, 0.1) is 10.6 Å². The van der Waals surface area contributed by atoms with Crippen LogP contribution in [0.5, 0.6) is 5.75 Å². The molecule has 0 fully saturated rings. The normalized spacial score (nSPS) is 16.8. The third kappa shape index (κ3) is 5.08. The van der Waals surface area contributed by atoms with Gasteiger partial charge in [0.2, 0.25) is 6.10 Å². The van der Waals surface area contributed by atoms with Gasteiger partial charge in [0.1, 0.15) is 5.75 Å². The first-order chi connectivity index (χ1) is 10.6. The van der Waals surface area contributed by atoms with E-state index in [4.69, 9.17) is 21.4 Å². The summed E-state index contributed by atoms with van der Waals surface area (Å²) in [5.41, 5.74) is -0.634. The molecule has 0 aliphatic carbocycles. The van der Waals surface area contributed by atoms with Crippen molar-refractivity contribution in [3.05, 3.63) is 28.3 Å². The van der Waals surface area contributed by atoms with Gasteiger partial charge in [0, 0.05) is 16.2 Å². The van der Waals surface area contributed by atoms with Crippen LogP contribution in [-0.2, 0) is 4.79 Å². The Labute approximate surface area is 168 Å². The first kappa shape index (κ1) is 21.7. The van der Waals surface area contributed by atoms with E-state index in [-0.39, 0.29) is 40.9 Å². The summed E-state index contributed by atoms with van der Waals surface area (Å²) in [4.78, 5) is 11.7. The van der Waals surface area contributed by atoms with Crippen LogP contribution in [0.2, 0.25) is 5.02 Å². The Balaban J connectivity index is 0.00000288. The predicted octanol–water partition coefficient (Wildman–Crippen LogP) is 4.23. The first-order valence-electron chi connectivity index (χ1n) is 6.74. The summed E-state index contributed by atoms with van der Waals surface area (Å²) >= 11 is 7.54. The number of hydrogen-bond acceptors (Lipinski definition) is 3. The molecule has 9 heteroatoms. The van der Waals surface area contributed by atoms with Gasteiger partial charge in [0.25, 0.3) is 0 Å². The topological polar surface area (TPSA) is 46.5 Å². The molecule has 1 aliphatic rings. The van der Waals surface area contributed by atoms with Crippen LogP contribution in [0.4, 0.5) is 13.2 Å². The van der Waals surface area contributed by atoms with Gasteiger partial charge in [-0.25, -0.2) is 4.79 Å². The standard InChI is InChI=1S/C15H14ClF3O3S.Na.H/c1-7(2)6-23-12-5-11-8(4-10(12)16)3-9(14(20)21)13(22-11)15(17,18)19;;/h3-5,7,13H,6H2,1-2H3,(H,20,21);;. The van der Waals surface area contributed by atoms with Gasteiger partial charge in [-0.1, -0.05) is 25.4 Å². The predicted molar refractivity (Wildman–Crippen MR) is 90.2 cm³/mol. The number of hydrogen-bond donors (Lipinski definition) is 1. The Hall–Kier alpha value is -0.340. The van der Waals surface area contributed by atoms with Crippen molar-refractivity contribution >= 4 is 65.0 Å². The second-order valence-corrected chi connectivity index (χ2v) is 6.94. The number of alkyl halides is 3. The van der Waals surface area contributed by atoms with Gasteiger partial charge in [-0.15, -0.1) is 11.8 Å². The fourth-order valence-electron chi connectivity index (χ4n) is 1.98. The minimum atomic E-state index is -4.81. The van der Waals surface area contributed by atoms with E-state index < -0.39 is 23.8 Å². The van der Waals surface area contributed by atoms with Gasteiger partial charge in [-0.3, -0.25) is 0 Å². The number of carboxylic acid groups (broad SMARTS) is 1. The van der Waals surface area contributed by atoms with Gasteiger partial charge in [0.15, 0.2) is 0 Å². The zero-order chi connectivity index (χ0) is 17.4. The van der Waals surface area contributed by atoms with E-state index in [1.165, 1.54) is 23.9 Å². The number of aliphatic carboxylic acids is 1. The van der Waals surface area contributed by atoms with Crippen molar-refractivity contribution in [1.82, 2.24) is 0 Å². The molecule has 3 nitrogen and oxygen atoms in total. The Morgan fingerprint density at radius 3 is 2.54 bits per heavy atom. The van der Waals surface area contributed by atoms with Crippen molar-refractivity contribution in [2.75, 3.05) is 5.75 Å². The summed E-state index contributed by atoms with van der Waals surface area (Å²) in [6.07, 6.45) is -6.34. The van der Waals surface area contributed by atoms with Crippen LogP contribution < -0.4 is 4.74 Å². The molecule has 0 saturated carbocycles. The van der Waals surface area contributed by atoms with E-state index in [0.717, 1.165) is 11.8 Å². The average molecular weight is 391 g/mol. The summed E-state index contributed by atoms with van der Waals surface area (Å²) in [7, 11) is 0. The minimum absolute atomic E-state index is 0. The van der Waals surface area contributed by atoms with Gasteiger partial charge >= 0.3 is 41.7 Å². The summed E-state index contributed by atoms with van der Waals surface area (Å²) in [6, 6.07) is 2.85. The molecule has 1 aliphatic heterocycles. The Morgan fingerprint density at radius 1 is 1.42 bits per heavy atom. The van der Waals surface area contributed by atoms with Gasteiger partial charge in [-0.2, -0.15) is 13.2 Å². The van der Waals surface area contributed by atoms with Crippen molar-refractivity contribution in [2.45, 2.75) is 31.0 Å². The molecule has 0 spiro atoms. The van der Waals surface area contributed by atoms with Crippen LogP contribution in [0, 0.1) is 5.92 Å². The fraction of sp³-hybridized carbons (Fsp3) is 0.400. The molecular formula is C15H15ClF3NaO3S. The van der Waals surface area contributed by atoms with E-state index in [1.807, 2.05) is 13.8 Å². The first-order valence-corrected chi connectivity index (χ1v) is 8.10. The monoisotopic (exact) mass is 390 g/mol. The number of rotatable bonds is 4. The number of thioether (sulfide) groups is 1. The van der Waals surface area contributed by atoms with Crippen LogP contribution in [0.1, 0.15) is 19.4 Å². The molecule has 0 aromatic heterocycles. The molecule has 1 heterocycles. The molecule has 24 heavy (non-hydrogen) atoms. The molecule has 2 rings (SSSR count). The Kier molecular flexibility index (Phi) is 7.56. The SMILES string of the molecule is CC(C)CSc1cc2c(cc1Cl)C=C(C(=O)O)C(C(F)(F)F)O2.[NaH]. The Morgan fingerprint density at radius 2 is 2.04 bits per heavy atom. The van der Waals surface area contributed by atoms with E-state index in [9.17, 15) is 18.0 Å². The van der Waals surface area contributed by atoms with Crippen LogP contribution >= 0.6 is 23.4 Å². The van der Waals surface area contributed by atoms with Gasteiger partial charge < -0.3 is 9.84 Å². The molecule has 1 N–H and O–H groups in total. The van der Waals surface area contributed by atoms with Crippen molar-refractivity contribution in [3.8, 4) is 5.75 Å². The molecule has 0 saturated heterocycles. The van der Waals surface area contributed by atoms with Crippen LogP contribution in [0.15, 0.2) is 22.6 Å². The summed E-state index contributed by atoms with van der Waals surface area (Å²) in [5.74, 6) is -0.563. The van der Waals surface area contributed by atoms with Crippen molar-refractivity contribution in [3.63, 3.8) is 0 Å². The molecule has 0 bridgehead atoms. The summed E-state index contributed by atoms with van der Waals surface area (Å²) in [6.45, 7) is 4.02. The molecule has 1 atom stereocenters. The van der Waals surface area contributed by atoms with Crippen LogP contribution in [-0.4, -0.2) is 58.7 Å². The van der Waals surface area contributed by atoms with Crippen molar-refractivity contribution in [2.24, 2.45) is 5.92 Å². The molecule has 1 aromatic carbocycles. The number of halogens is 4. The fourth-order valence-corrected chi connectivity index (χ4v) is 3.22. The number of carbonyl (C=O) groups is 1. The number of fused-ring (bicyclic) bond motifs is 1. The molecular weight excluding hydrogens is 376 g/mol. The Bertz CT molecular complexity index is 662. The zero-order valence-corrected chi connectivity index (χ0v) is 13.9. The molecule has 0 amide bonds. The molecule has 1 unspecified atom stereocenters. The second kappa shape index (κ2) is 8.36. The number of carboxylic acids is 1. The van der Waals surface area contributed by atoms with Crippen molar-refractivity contribution in [1.29, 1.82) is 0 Å². The summed E-state index contributed by atoms with van der Waals surface area (Å²) < 4.78 is 44.0. The van der Waals surface area contributed by atoms with E-state index >= 15 is 0 Å². The average Bonchev–Trinajstić information content (AvgIpc) is 2.42. The zero-order valence-electron chi connectivity index (χ0n) is 12.3. The molecule has 128 valence electrons. The number of benzene rings is 1. The van der Waals surface area contributed by atoms with E-state index in [2.05, 4.69) is 0 Å². The summed E-state index contributed by atoms with van der Waals surface area (Å²) in [5, 5.41) is 9.33. The van der Waals surface area contributed by atoms with Crippen LogP contribution in [0.3, 0.4) is 0 Å². The van der Waals surface area contributed by atoms with E-state index in [0.29, 0.717) is 15.8 Å². The third-order valence-corrected chi connectivity index (χ3v) is 4.93. The third-order valence-electron chi connectivity index (χ3n) is 3.02.